The van der Waals surface area contributed by atoms with Gasteiger partial charge in [-0.1, -0.05) is 68.8 Å². The molecule has 0 atom stereocenters. The van der Waals surface area contributed by atoms with Crippen LogP contribution in [0.15, 0.2) is 127 Å². The minimum Gasteiger partial charge on any atom is -0.489 e. The maximum Gasteiger partial charge on any atom is 0.159 e. The number of rotatable bonds is 15. The highest BCUT2D eigenvalue weighted by Crippen LogP contribution is 2.26. The maximum absolute atomic E-state index is 5.85. The molecule has 2 fully saturated rings. The van der Waals surface area contributed by atoms with Crippen molar-refractivity contribution >= 4 is 38.0 Å². The van der Waals surface area contributed by atoms with E-state index in [9.17, 15) is 0 Å². The summed E-state index contributed by atoms with van der Waals surface area (Å²) in [5.74, 6) is 2.67. The summed E-state index contributed by atoms with van der Waals surface area (Å²) >= 11 is 3.52. The fourth-order valence-corrected chi connectivity index (χ4v) is 8.51. The molecule has 0 bridgehead atoms. The zero-order valence-corrected chi connectivity index (χ0v) is 39.8. The first kappa shape index (κ1) is 45.7. The molecule has 0 amide bonds. The zero-order chi connectivity index (χ0) is 46.8. The van der Waals surface area contributed by atoms with Gasteiger partial charge in [0.25, 0.3) is 0 Å². The van der Waals surface area contributed by atoms with Gasteiger partial charge in [0.15, 0.2) is 23.1 Å². The molecule has 5 aromatic heterocycles. The minimum atomic E-state index is 0.587. The number of hydrogen-bond donors (Lipinski definition) is 0. The minimum absolute atomic E-state index is 0.587. The number of ether oxygens (including phenoxy) is 4. The smallest absolute Gasteiger partial charge is 0.159 e. The lowest BCUT2D eigenvalue weighted by atomic mass is 10.1. The van der Waals surface area contributed by atoms with Gasteiger partial charge < -0.3 is 18.9 Å². The Balaban J connectivity index is 0.000000162. The summed E-state index contributed by atoms with van der Waals surface area (Å²) < 4.78 is 29.0. The number of benzene rings is 4. The molecule has 0 aliphatic carbocycles. The van der Waals surface area contributed by atoms with Crippen LogP contribution in [0.3, 0.4) is 0 Å². The van der Waals surface area contributed by atoms with E-state index in [0.29, 0.717) is 49.5 Å². The van der Waals surface area contributed by atoms with Gasteiger partial charge in [-0.25, -0.2) is 29.3 Å². The first-order chi connectivity index (χ1) is 34.0. The Bertz CT molecular complexity index is 3090. The normalized spacial score (nSPS) is 14.5. The fraction of sp³-hybridized carbons (Fsp3) is 0.300. The molecule has 0 unspecified atom stereocenters. The van der Waals surface area contributed by atoms with Crippen molar-refractivity contribution in [1.82, 2.24) is 69.5 Å². The van der Waals surface area contributed by atoms with E-state index < -0.39 is 0 Å². The molecule has 0 radical (unpaired) electrons. The summed E-state index contributed by atoms with van der Waals surface area (Å²) in [6.45, 7) is 11.1. The Labute approximate surface area is 407 Å². The van der Waals surface area contributed by atoms with Gasteiger partial charge in [0.2, 0.25) is 0 Å². The highest BCUT2D eigenvalue weighted by atomic mass is 79.9. The lowest BCUT2D eigenvalue weighted by molar-refractivity contribution is 0.0321. The summed E-state index contributed by atoms with van der Waals surface area (Å²) in [4.78, 5) is 22.8. The number of hydrogen-bond acceptors (Lipinski definition) is 15. The number of morpholine rings is 2. The van der Waals surface area contributed by atoms with E-state index in [4.69, 9.17) is 18.9 Å². The van der Waals surface area contributed by atoms with E-state index in [1.54, 1.807) is 29.5 Å². The Hall–Kier alpha value is -7.03. The van der Waals surface area contributed by atoms with Crippen LogP contribution in [0.1, 0.15) is 11.1 Å². The van der Waals surface area contributed by atoms with E-state index >= 15 is 0 Å². The van der Waals surface area contributed by atoms with Gasteiger partial charge >= 0.3 is 0 Å². The van der Waals surface area contributed by atoms with Gasteiger partial charge in [-0.15, -0.1) is 10.2 Å². The highest BCUT2D eigenvalue weighted by Gasteiger charge is 2.14. The molecule has 2 aliphatic heterocycles. The Kier molecular flexibility index (Phi) is 14.5. The van der Waals surface area contributed by atoms with Gasteiger partial charge in [0.05, 0.1) is 81.5 Å². The number of aryl methyl sites for hydroxylation is 1. The number of halogens is 1. The van der Waals surface area contributed by atoms with Crippen LogP contribution in [-0.2, 0) is 29.6 Å². The fourth-order valence-electron chi connectivity index (χ4n) is 8.16. The van der Waals surface area contributed by atoms with Crippen LogP contribution in [0.4, 0.5) is 0 Å². The van der Waals surface area contributed by atoms with Crippen LogP contribution in [0, 0.1) is 0 Å². The molecule has 0 spiro atoms. The summed E-state index contributed by atoms with van der Waals surface area (Å²) in [5.41, 5.74) is 9.91. The third-order valence-corrected chi connectivity index (χ3v) is 12.4. The van der Waals surface area contributed by atoms with Crippen molar-refractivity contribution < 1.29 is 18.9 Å². The topological polar surface area (TPSA) is 174 Å². The predicted molar refractivity (Wildman–Crippen MR) is 264 cm³/mol. The maximum atomic E-state index is 5.85. The molecule has 2 aliphatic rings. The van der Waals surface area contributed by atoms with Crippen LogP contribution in [0.5, 0.6) is 11.5 Å². The second kappa shape index (κ2) is 21.9. The van der Waals surface area contributed by atoms with Gasteiger partial charge in [-0.05, 0) is 59.2 Å². The van der Waals surface area contributed by atoms with Crippen LogP contribution in [0.2, 0.25) is 0 Å². The van der Waals surface area contributed by atoms with Crippen LogP contribution >= 0.6 is 15.9 Å². The SMILES string of the molecule is Brc1ccc2nnn(Cc3cccc(-c4ncc(OCCN5CCOCC5)cn4)c3)c2c1.Cn1cc(-c2ccc3nnn(Cc4cccc(-c5ncc(OCCN6CCOCC6)cn5)c4)c3c2)cn1. The van der Waals surface area contributed by atoms with Crippen molar-refractivity contribution in [2.75, 3.05) is 78.9 Å². The second-order valence-corrected chi connectivity index (χ2v) is 17.6. The monoisotopic (exact) mass is 990 g/mol. The predicted octanol–water partition coefficient (Wildman–Crippen LogP) is 6.46. The van der Waals surface area contributed by atoms with E-state index in [1.807, 2.05) is 83.4 Å². The summed E-state index contributed by atoms with van der Waals surface area (Å²) in [7, 11) is 1.91. The molecule has 352 valence electrons. The van der Waals surface area contributed by atoms with Crippen molar-refractivity contribution in [3.63, 3.8) is 0 Å². The molecule has 11 rings (SSSR count). The number of nitrogens with zero attached hydrogens (tertiary/aromatic N) is 14. The van der Waals surface area contributed by atoms with Crippen molar-refractivity contribution in [3.8, 4) is 45.4 Å². The molecule has 0 saturated carbocycles. The lowest BCUT2D eigenvalue weighted by Crippen LogP contribution is -2.38. The Morgan fingerprint density at radius 2 is 1.06 bits per heavy atom. The molecule has 69 heavy (non-hydrogen) atoms. The number of fused-ring (bicyclic) bond motifs is 2. The third kappa shape index (κ3) is 11.8. The van der Waals surface area contributed by atoms with Gasteiger partial charge in [-0.2, -0.15) is 5.10 Å². The molecule has 2 saturated heterocycles. The van der Waals surface area contributed by atoms with Crippen molar-refractivity contribution in [2.45, 2.75) is 13.1 Å². The third-order valence-electron chi connectivity index (χ3n) is 11.9. The number of aromatic nitrogens is 12. The second-order valence-electron chi connectivity index (χ2n) is 16.7. The first-order valence-corrected chi connectivity index (χ1v) is 23.7. The summed E-state index contributed by atoms with van der Waals surface area (Å²) in [6, 6.07) is 28.5. The van der Waals surface area contributed by atoms with Crippen LogP contribution in [-0.4, -0.2) is 148 Å². The zero-order valence-electron chi connectivity index (χ0n) is 38.2. The van der Waals surface area contributed by atoms with Gasteiger partial charge in [-0.3, -0.25) is 14.5 Å². The molecular formula is C50H51BrN14O4. The standard InChI is InChI=1S/C27H28N8O2.C23H23BrN6O2/c1-33-19-23(15-30-33)21-5-6-25-26(14-21)35(32-31-25)18-20-3-2-4-22(13-20)27-28-16-24(17-29-27)37-12-9-34-7-10-36-11-8-34;24-19-4-5-21-22(13-19)30(28-27-21)16-17-2-1-3-18(12-17)23-25-14-20(15-26-23)32-11-8-29-6-9-31-10-7-29/h2-6,13-17,19H,7-12,18H2,1H3;1-5,12-15H,6-11,16H2. The summed E-state index contributed by atoms with van der Waals surface area (Å²) in [5, 5.41) is 21.6. The Morgan fingerprint density at radius 3 is 1.57 bits per heavy atom. The summed E-state index contributed by atoms with van der Waals surface area (Å²) in [6.07, 6.45) is 10.8. The van der Waals surface area contributed by atoms with Crippen molar-refractivity contribution in [3.05, 3.63) is 138 Å². The van der Waals surface area contributed by atoms with E-state index in [1.165, 1.54) is 0 Å². The quantitative estimate of drug-likeness (QED) is 0.109. The average Bonchev–Trinajstić information content (AvgIpc) is 4.13. The highest BCUT2D eigenvalue weighted by molar-refractivity contribution is 9.10. The van der Waals surface area contributed by atoms with E-state index in [2.05, 4.69) is 102 Å². The van der Waals surface area contributed by atoms with Crippen LogP contribution in [0.25, 0.3) is 56.0 Å². The molecule has 9 aromatic rings. The van der Waals surface area contributed by atoms with Gasteiger partial charge in [0, 0.05) is 73.7 Å². The first-order valence-electron chi connectivity index (χ1n) is 23.0. The lowest BCUT2D eigenvalue weighted by Gasteiger charge is -2.26. The Morgan fingerprint density at radius 1 is 0.551 bits per heavy atom. The van der Waals surface area contributed by atoms with Gasteiger partial charge in [0.1, 0.15) is 24.2 Å². The van der Waals surface area contributed by atoms with E-state index in [-0.39, 0.29) is 0 Å². The molecule has 0 N–H and O–H groups in total. The average molecular weight is 992 g/mol. The van der Waals surface area contributed by atoms with Crippen LogP contribution < -0.4 is 9.47 Å². The molecule has 18 nitrogen and oxygen atoms in total. The molecule has 4 aromatic carbocycles. The molecule has 7 heterocycles. The largest absolute Gasteiger partial charge is 0.489 e. The molecular weight excluding hydrogens is 941 g/mol. The molecule has 19 heteroatoms. The van der Waals surface area contributed by atoms with E-state index in [0.717, 1.165) is 126 Å². The van der Waals surface area contributed by atoms with Crippen molar-refractivity contribution in [2.24, 2.45) is 7.05 Å². The van der Waals surface area contributed by atoms with Crippen molar-refractivity contribution in [1.29, 1.82) is 0 Å².